The molecule has 5 aliphatic carbocycles. The number of sulfone groups is 1. The Morgan fingerprint density at radius 2 is 1.72 bits per heavy atom. The molecule has 1 N–H and O–H groups in total. The molecule has 0 spiro atoms. The maximum Gasteiger partial charge on any atom is 0.340 e. The predicted octanol–water partition coefficient (Wildman–Crippen LogP) is 7.14. The van der Waals surface area contributed by atoms with Crippen molar-refractivity contribution in [2.45, 2.75) is 97.4 Å². The van der Waals surface area contributed by atoms with Gasteiger partial charge in [0.2, 0.25) is 0 Å². The molecule has 6 aliphatic rings. The van der Waals surface area contributed by atoms with E-state index in [1.165, 1.54) is 70.5 Å². The summed E-state index contributed by atoms with van der Waals surface area (Å²) in [4.78, 5) is 14.4. The highest BCUT2D eigenvalue weighted by Crippen LogP contribution is 2.72. The lowest BCUT2D eigenvalue weighted by atomic mass is 9.37. The summed E-state index contributed by atoms with van der Waals surface area (Å²) in [7, 11) is -1.55. The molecule has 1 heterocycles. The van der Waals surface area contributed by atoms with Gasteiger partial charge in [-0.25, -0.2) is 17.6 Å². The smallest absolute Gasteiger partial charge is 0.340 e. The second-order valence-electron chi connectivity index (χ2n) is 17.3. The van der Waals surface area contributed by atoms with Gasteiger partial charge in [0.05, 0.1) is 24.2 Å². The van der Waals surface area contributed by atoms with E-state index in [4.69, 9.17) is 4.74 Å². The molecule has 1 saturated heterocycles. The molecule has 8 atom stereocenters. The third kappa shape index (κ3) is 5.46. The van der Waals surface area contributed by atoms with E-state index in [0.29, 0.717) is 41.8 Å². The maximum atomic E-state index is 15.1. The zero-order valence-corrected chi connectivity index (χ0v) is 30.2. The van der Waals surface area contributed by atoms with Gasteiger partial charge in [-0.2, -0.15) is 0 Å². The number of benzene rings is 1. The van der Waals surface area contributed by atoms with Crippen LogP contribution in [0.15, 0.2) is 24.3 Å². The summed E-state index contributed by atoms with van der Waals surface area (Å²) < 4.78 is 43.7. The van der Waals surface area contributed by atoms with Crippen LogP contribution in [0, 0.1) is 51.7 Å². The van der Waals surface area contributed by atoms with Crippen LogP contribution >= 0.6 is 0 Å². The van der Waals surface area contributed by atoms with Crippen LogP contribution in [0.2, 0.25) is 0 Å². The van der Waals surface area contributed by atoms with Crippen molar-refractivity contribution in [1.29, 1.82) is 0 Å². The van der Waals surface area contributed by atoms with E-state index in [9.17, 15) is 13.2 Å². The maximum absolute atomic E-state index is 15.1. The number of esters is 1. The molecule has 260 valence electrons. The molecule has 6 nitrogen and oxygen atoms in total. The van der Waals surface area contributed by atoms with Gasteiger partial charge in [0.1, 0.15) is 5.82 Å². The molecule has 0 aromatic heterocycles. The van der Waals surface area contributed by atoms with Crippen molar-refractivity contribution >= 4 is 21.4 Å². The minimum Gasteiger partial charge on any atom is -0.465 e. The third-order valence-corrected chi connectivity index (χ3v) is 16.7. The van der Waals surface area contributed by atoms with Gasteiger partial charge in [0, 0.05) is 31.7 Å². The van der Waals surface area contributed by atoms with E-state index < -0.39 is 21.6 Å². The molecule has 1 aromatic rings. The highest BCUT2D eigenvalue weighted by molar-refractivity contribution is 7.91. The fourth-order valence-corrected chi connectivity index (χ4v) is 14.3. The van der Waals surface area contributed by atoms with Gasteiger partial charge in [-0.3, -0.25) is 0 Å². The Morgan fingerprint density at radius 3 is 2.45 bits per heavy atom. The fraction of sp³-hybridized carbons (Fsp3) is 0.769. The number of nitrogens with zero attached hydrogens (tertiary/aromatic N) is 1. The number of fused-ring (bicyclic) bond motifs is 7. The van der Waals surface area contributed by atoms with Gasteiger partial charge in [0.25, 0.3) is 0 Å². The normalized spacial score (nSPS) is 40.7. The van der Waals surface area contributed by atoms with Crippen molar-refractivity contribution in [3.63, 3.8) is 0 Å². The molecular weight excluding hydrogens is 612 g/mol. The van der Waals surface area contributed by atoms with Crippen LogP contribution in [0.3, 0.4) is 0 Å². The highest BCUT2D eigenvalue weighted by Gasteiger charge is 2.65. The quantitative estimate of drug-likeness (QED) is 0.325. The van der Waals surface area contributed by atoms with Crippen LogP contribution in [0.1, 0.15) is 108 Å². The number of halogens is 1. The number of carbonyl (C=O) groups is 1. The number of ether oxygens (including phenoxy) is 1. The number of allylic oxidation sites excluding steroid dienone is 2. The number of rotatable bonds is 6. The first-order chi connectivity index (χ1) is 22.2. The molecule has 3 unspecified atom stereocenters. The Balaban J connectivity index is 1.08. The first kappa shape index (κ1) is 33.7. The Hall–Kier alpha value is -1.77. The van der Waals surface area contributed by atoms with Crippen molar-refractivity contribution < 1.29 is 22.3 Å². The third-order valence-electron chi connectivity index (χ3n) is 15.1. The monoisotopic (exact) mass is 668 g/mol. The minimum absolute atomic E-state index is 0.00548. The van der Waals surface area contributed by atoms with E-state index in [0.717, 1.165) is 42.8 Å². The highest BCUT2D eigenvalue weighted by atomic mass is 32.2. The lowest BCUT2D eigenvalue weighted by molar-refractivity contribution is -0.172. The summed E-state index contributed by atoms with van der Waals surface area (Å²) in [6, 6.07) is 5.04. The van der Waals surface area contributed by atoms with Crippen molar-refractivity contribution in [3.05, 3.63) is 41.2 Å². The van der Waals surface area contributed by atoms with Gasteiger partial charge in [0.15, 0.2) is 9.84 Å². The fourth-order valence-electron chi connectivity index (χ4n) is 13.0. The average Bonchev–Trinajstić information content (AvgIpc) is 3.45. The Bertz CT molecular complexity index is 1530. The largest absolute Gasteiger partial charge is 0.465 e. The van der Waals surface area contributed by atoms with Crippen molar-refractivity contribution in [2.24, 2.45) is 45.8 Å². The molecule has 0 amide bonds. The molecule has 7 rings (SSSR count). The summed E-state index contributed by atoms with van der Waals surface area (Å²) in [5.41, 5.74) is 2.82. The summed E-state index contributed by atoms with van der Waals surface area (Å²) in [6.45, 7) is 13.3. The second kappa shape index (κ2) is 11.9. The van der Waals surface area contributed by atoms with Gasteiger partial charge < -0.3 is 15.0 Å². The molecule has 1 aliphatic heterocycles. The van der Waals surface area contributed by atoms with Crippen LogP contribution in [0.25, 0.3) is 5.57 Å². The Kier molecular flexibility index (Phi) is 8.56. The summed E-state index contributed by atoms with van der Waals surface area (Å²) in [6.07, 6.45) is 15.1. The lowest BCUT2D eigenvalue weighted by Gasteiger charge is -2.68. The number of hydrogen-bond acceptors (Lipinski definition) is 6. The summed E-state index contributed by atoms with van der Waals surface area (Å²) in [5.74, 6) is 3.00. The zero-order valence-electron chi connectivity index (χ0n) is 29.4. The van der Waals surface area contributed by atoms with E-state index in [2.05, 4.69) is 44.0 Å². The molecular formula is C39H57FN2O4S. The number of methoxy groups -OCH3 is 1. The predicted molar refractivity (Wildman–Crippen MR) is 185 cm³/mol. The van der Waals surface area contributed by atoms with Crippen LogP contribution in [-0.2, 0) is 14.6 Å². The summed E-state index contributed by atoms with van der Waals surface area (Å²) >= 11 is 0. The Morgan fingerprint density at radius 1 is 0.957 bits per heavy atom. The van der Waals surface area contributed by atoms with Crippen molar-refractivity contribution in [1.82, 2.24) is 10.2 Å². The molecule has 47 heavy (non-hydrogen) atoms. The Labute approximate surface area is 282 Å². The van der Waals surface area contributed by atoms with Crippen molar-refractivity contribution in [3.8, 4) is 0 Å². The SMILES string of the molecule is COC(=O)c1ccc(C2=CC[C@@]3(C)C(CC[C@@]4(C)C5CC[C@@]6(NCCN7CCS(=O)(=O)CC7)CCC[C@@H]6[C@H]5CCC43)C2(C)C)cc1F. The number of nitrogens with one attached hydrogen (secondary N) is 1. The minimum atomic E-state index is -2.84. The van der Waals surface area contributed by atoms with Crippen LogP contribution < -0.4 is 5.32 Å². The molecule has 0 bridgehead atoms. The summed E-state index contributed by atoms with van der Waals surface area (Å²) in [5, 5.41) is 4.13. The van der Waals surface area contributed by atoms with Crippen LogP contribution in [-0.4, -0.2) is 69.6 Å². The number of carbonyl (C=O) groups excluding carboxylic acids is 1. The zero-order chi connectivity index (χ0) is 33.4. The molecule has 0 radical (unpaired) electrons. The standard InChI is InChI=1S/C39H57FN2O4S/c1-36(2)29(26-8-9-28(32(40)25-26)35(43)46-5)12-16-38(4)33(36)14-17-37(3)30-13-18-39(15-6-7-31(39)27(30)10-11-34(37)38)41-19-20-42-21-23-47(44,45)24-22-42/h8-9,12,25,27,30-31,33-34,41H,6-7,10-11,13-24H2,1-5H3/t27-,30?,31+,33?,34?,37-,38-,39-/m0/s1. The molecule has 8 heteroatoms. The van der Waals surface area contributed by atoms with E-state index in [1.807, 2.05) is 6.07 Å². The van der Waals surface area contributed by atoms with Gasteiger partial charge in [-0.1, -0.05) is 46.3 Å². The van der Waals surface area contributed by atoms with Crippen molar-refractivity contribution in [2.75, 3.05) is 44.8 Å². The van der Waals surface area contributed by atoms with E-state index in [1.54, 1.807) is 12.1 Å². The van der Waals surface area contributed by atoms with Crippen LogP contribution in [0.4, 0.5) is 4.39 Å². The van der Waals surface area contributed by atoms with Crippen LogP contribution in [0.5, 0.6) is 0 Å². The average molecular weight is 669 g/mol. The molecule has 5 fully saturated rings. The first-order valence-corrected chi connectivity index (χ1v) is 20.3. The lowest BCUT2D eigenvalue weighted by Crippen LogP contribution is -2.63. The molecule has 4 saturated carbocycles. The van der Waals surface area contributed by atoms with E-state index in [-0.39, 0.29) is 21.9 Å². The number of hydrogen-bond donors (Lipinski definition) is 1. The van der Waals surface area contributed by atoms with Gasteiger partial charge in [-0.05, 0) is 127 Å². The van der Waals surface area contributed by atoms with Gasteiger partial charge in [-0.15, -0.1) is 0 Å². The first-order valence-electron chi connectivity index (χ1n) is 18.5. The second-order valence-corrected chi connectivity index (χ2v) is 19.7. The van der Waals surface area contributed by atoms with E-state index >= 15 is 4.39 Å². The topological polar surface area (TPSA) is 75.7 Å². The molecule has 1 aromatic carbocycles. The van der Waals surface area contributed by atoms with Gasteiger partial charge >= 0.3 is 5.97 Å².